The summed E-state index contributed by atoms with van der Waals surface area (Å²) < 4.78 is 5.46. The second-order valence-corrected chi connectivity index (χ2v) is 4.61. The van der Waals surface area contributed by atoms with Crippen LogP contribution in [0.3, 0.4) is 0 Å². The molecule has 0 fully saturated rings. The average Bonchev–Trinajstić information content (AvgIpc) is 2.82. The maximum absolute atomic E-state index is 12.4. The highest BCUT2D eigenvalue weighted by Crippen LogP contribution is 2.34. The van der Waals surface area contributed by atoms with E-state index in [0.717, 1.165) is 5.56 Å². The second-order valence-electron chi connectivity index (χ2n) is 4.61. The van der Waals surface area contributed by atoms with Crippen LogP contribution >= 0.6 is 0 Å². The molecule has 0 radical (unpaired) electrons. The molecule has 0 aromatic heterocycles. The van der Waals surface area contributed by atoms with E-state index in [9.17, 15) is 9.59 Å². The van der Waals surface area contributed by atoms with Gasteiger partial charge in [0.15, 0.2) is 0 Å². The third-order valence-electron chi connectivity index (χ3n) is 3.48. The molecule has 2 rings (SSSR count). The fourth-order valence-electron chi connectivity index (χ4n) is 2.38. The summed E-state index contributed by atoms with van der Waals surface area (Å²) in [6, 6.07) is 6.57. The molecular weight excluding hydrogens is 246 g/mol. The summed E-state index contributed by atoms with van der Waals surface area (Å²) in [6.07, 6.45) is 0.382. The highest BCUT2D eigenvalue weighted by Gasteiger charge is 2.35. The number of benzene rings is 1. The van der Waals surface area contributed by atoms with Crippen LogP contribution in [0.5, 0.6) is 5.75 Å². The Hall–Kier alpha value is -2.04. The second kappa shape index (κ2) is 5.30. The zero-order valence-electron chi connectivity index (χ0n) is 11.0. The number of hydrogen-bond donors (Lipinski definition) is 1. The van der Waals surface area contributed by atoms with E-state index >= 15 is 0 Å². The van der Waals surface area contributed by atoms with E-state index in [-0.39, 0.29) is 12.5 Å². The van der Waals surface area contributed by atoms with Gasteiger partial charge in [-0.3, -0.25) is 4.79 Å². The minimum atomic E-state index is -0.981. The van der Waals surface area contributed by atoms with E-state index in [1.807, 2.05) is 24.3 Å². The van der Waals surface area contributed by atoms with Gasteiger partial charge in [-0.2, -0.15) is 0 Å². The van der Waals surface area contributed by atoms with E-state index in [1.54, 1.807) is 6.92 Å². The van der Waals surface area contributed by atoms with Crippen LogP contribution < -0.4 is 4.74 Å². The van der Waals surface area contributed by atoms with Gasteiger partial charge in [-0.15, -0.1) is 0 Å². The number of rotatable bonds is 4. The first-order valence-corrected chi connectivity index (χ1v) is 6.27. The lowest BCUT2D eigenvalue weighted by molar-refractivity contribution is -0.149. The molecule has 2 atom stereocenters. The lowest BCUT2D eigenvalue weighted by atomic mass is 9.99. The van der Waals surface area contributed by atoms with Crippen molar-refractivity contribution in [2.45, 2.75) is 25.3 Å². The van der Waals surface area contributed by atoms with Crippen LogP contribution in [0.2, 0.25) is 0 Å². The molecule has 1 aromatic carbocycles. The van der Waals surface area contributed by atoms with E-state index in [4.69, 9.17) is 9.84 Å². The van der Waals surface area contributed by atoms with Gasteiger partial charge in [0.25, 0.3) is 0 Å². The van der Waals surface area contributed by atoms with Crippen molar-refractivity contribution in [2.75, 3.05) is 13.7 Å². The maximum atomic E-state index is 12.4. The SMILES string of the molecule is CCC(C(=O)O)N(C)C(=O)C1COc2ccccc21. The standard InChI is InChI=1S/C14H17NO4/c1-3-11(14(17)18)15(2)13(16)10-8-19-12-7-5-4-6-9(10)12/h4-7,10-11H,3,8H2,1-2H3,(H,17,18). The van der Waals surface area contributed by atoms with E-state index in [0.29, 0.717) is 12.2 Å². The van der Waals surface area contributed by atoms with Gasteiger partial charge in [0.1, 0.15) is 24.3 Å². The van der Waals surface area contributed by atoms with Gasteiger partial charge < -0.3 is 14.7 Å². The lowest BCUT2D eigenvalue weighted by Crippen LogP contribution is -2.44. The monoisotopic (exact) mass is 263 g/mol. The first-order chi connectivity index (χ1) is 9.06. The average molecular weight is 263 g/mol. The van der Waals surface area contributed by atoms with Crippen molar-refractivity contribution < 1.29 is 19.4 Å². The Balaban J connectivity index is 2.20. The van der Waals surface area contributed by atoms with Crippen molar-refractivity contribution >= 4 is 11.9 Å². The first kappa shape index (κ1) is 13.4. The number of ether oxygens (including phenoxy) is 1. The number of hydrogen-bond acceptors (Lipinski definition) is 3. The number of aliphatic carboxylic acids is 1. The van der Waals surface area contributed by atoms with Gasteiger partial charge in [0.2, 0.25) is 5.91 Å². The Kier molecular flexibility index (Phi) is 3.74. The third kappa shape index (κ3) is 2.41. The molecule has 102 valence electrons. The van der Waals surface area contributed by atoms with Crippen molar-refractivity contribution in [2.24, 2.45) is 0 Å². The van der Waals surface area contributed by atoms with Crippen LogP contribution in [0.25, 0.3) is 0 Å². The Morgan fingerprint density at radius 2 is 2.16 bits per heavy atom. The highest BCUT2D eigenvalue weighted by molar-refractivity contribution is 5.89. The smallest absolute Gasteiger partial charge is 0.326 e. The van der Waals surface area contributed by atoms with E-state index < -0.39 is 17.9 Å². The number of carbonyl (C=O) groups is 2. The summed E-state index contributed by atoms with van der Waals surface area (Å²) in [5.74, 6) is -0.892. The molecule has 0 spiro atoms. The Bertz CT molecular complexity index is 500. The normalized spacial score (nSPS) is 18.3. The Morgan fingerprint density at radius 3 is 2.79 bits per heavy atom. The van der Waals surface area contributed by atoms with Gasteiger partial charge >= 0.3 is 5.97 Å². The highest BCUT2D eigenvalue weighted by atomic mass is 16.5. The Labute approximate surface area is 111 Å². The van der Waals surface area contributed by atoms with Gasteiger partial charge in [-0.25, -0.2) is 4.79 Å². The summed E-state index contributed by atoms with van der Waals surface area (Å²) in [6.45, 7) is 2.03. The summed E-state index contributed by atoms with van der Waals surface area (Å²) in [4.78, 5) is 24.8. The summed E-state index contributed by atoms with van der Waals surface area (Å²) in [7, 11) is 1.53. The Morgan fingerprint density at radius 1 is 1.47 bits per heavy atom. The summed E-state index contributed by atoms with van der Waals surface area (Å²) in [5.41, 5.74) is 0.833. The van der Waals surface area contributed by atoms with Crippen molar-refractivity contribution in [3.63, 3.8) is 0 Å². The number of carbonyl (C=O) groups excluding carboxylic acids is 1. The van der Waals surface area contributed by atoms with Gasteiger partial charge in [0, 0.05) is 12.6 Å². The van der Waals surface area contributed by atoms with Crippen LogP contribution in [-0.2, 0) is 9.59 Å². The number of para-hydroxylation sites is 1. The molecule has 0 bridgehead atoms. The van der Waals surface area contributed by atoms with E-state index in [2.05, 4.69) is 0 Å². The van der Waals surface area contributed by atoms with Crippen LogP contribution in [0.4, 0.5) is 0 Å². The molecule has 0 aliphatic carbocycles. The molecule has 1 aliphatic heterocycles. The minimum Gasteiger partial charge on any atom is -0.492 e. The largest absolute Gasteiger partial charge is 0.492 e. The number of carboxylic acids is 1. The molecule has 19 heavy (non-hydrogen) atoms. The first-order valence-electron chi connectivity index (χ1n) is 6.27. The third-order valence-corrected chi connectivity index (χ3v) is 3.48. The molecule has 0 saturated heterocycles. The van der Waals surface area contributed by atoms with Crippen LogP contribution in [0, 0.1) is 0 Å². The number of likely N-dealkylation sites (N-methyl/N-ethyl adjacent to an activating group) is 1. The van der Waals surface area contributed by atoms with Crippen LogP contribution in [0.1, 0.15) is 24.8 Å². The quantitative estimate of drug-likeness (QED) is 0.893. The molecule has 5 heteroatoms. The minimum absolute atomic E-state index is 0.209. The molecule has 1 heterocycles. The van der Waals surface area contributed by atoms with Crippen LogP contribution in [0.15, 0.2) is 24.3 Å². The summed E-state index contributed by atoms with van der Waals surface area (Å²) in [5, 5.41) is 9.11. The number of fused-ring (bicyclic) bond motifs is 1. The number of amides is 1. The van der Waals surface area contributed by atoms with Crippen molar-refractivity contribution in [1.82, 2.24) is 4.90 Å². The zero-order valence-corrected chi connectivity index (χ0v) is 11.0. The topological polar surface area (TPSA) is 66.8 Å². The zero-order chi connectivity index (χ0) is 14.0. The van der Waals surface area contributed by atoms with Crippen LogP contribution in [-0.4, -0.2) is 41.6 Å². The molecule has 1 N–H and O–H groups in total. The molecule has 5 nitrogen and oxygen atoms in total. The molecule has 1 aliphatic rings. The van der Waals surface area contributed by atoms with Crippen molar-refractivity contribution in [3.05, 3.63) is 29.8 Å². The van der Waals surface area contributed by atoms with Gasteiger partial charge in [-0.1, -0.05) is 25.1 Å². The predicted octanol–water partition coefficient (Wildman–Crippen LogP) is 1.48. The molecule has 1 aromatic rings. The molecule has 1 amide bonds. The lowest BCUT2D eigenvalue weighted by Gasteiger charge is -2.26. The van der Waals surface area contributed by atoms with Gasteiger partial charge in [-0.05, 0) is 12.5 Å². The van der Waals surface area contributed by atoms with Crippen molar-refractivity contribution in [3.8, 4) is 5.75 Å². The molecule has 0 saturated carbocycles. The van der Waals surface area contributed by atoms with E-state index in [1.165, 1.54) is 11.9 Å². The number of carboxylic acid groups (broad SMARTS) is 1. The molecule has 2 unspecified atom stereocenters. The fourth-order valence-corrected chi connectivity index (χ4v) is 2.38. The summed E-state index contributed by atoms with van der Waals surface area (Å²) >= 11 is 0. The van der Waals surface area contributed by atoms with Gasteiger partial charge in [0.05, 0.1) is 0 Å². The number of nitrogens with zero attached hydrogens (tertiary/aromatic N) is 1. The van der Waals surface area contributed by atoms with Crippen molar-refractivity contribution in [1.29, 1.82) is 0 Å². The predicted molar refractivity (Wildman–Crippen MR) is 69.2 cm³/mol. The maximum Gasteiger partial charge on any atom is 0.326 e. The molecular formula is C14H17NO4. The fraction of sp³-hybridized carbons (Fsp3) is 0.429.